The predicted octanol–water partition coefficient (Wildman–Crippen LogP) is 7.72. The first-order chi connectivity index (χ1) is 25.9. The summed E-state index contributed by atoms with van der Waals surface area (Å²) in [5.74, 6) is -0.469. The number of nitrogens with zero attached hydrogens (tertiary/aromatic N) is 3. The number of pyridine rings is 1. The number of anilines is 1. The summed E-state index contributed by atoms with van der Waals surface area (Å²) in [4.78, 5) is 61.3. The molecule has 54 heavy (non-hydrogen) atoms. The number of carbonyl (C=O) groups is 4. The minimum Gasteiger partial charge on any atom is -0.486 e. The number of rotatable bonds is 16. The van der Waals surface area contributed by atoms with Crippen LogP contribution in [0.1, 0.15) is 69.1 Å². The summed E-state index contributed by atoms with van der Waals surface area (Å²) in [6.45, 7) is 7.62. The number of aromatic nitrogens is 2. The number of fused-ring (bicyclic) bond motifs is 1. The fourth-order valence-electron chi connectivity index (χ4n) is 5.85. The lowest BCUT2D eigenvalue weighted by atomic mass is 9.89. The molecule has 5 rings (SSSR count). The van der Waals surface area contributed by atoms with Crippen molar-refractivity contribution in [3.8, 4) is 16.9 Å². The third-order valence-electron chi connectivity index (χ3n) is 8.55. The molecule has 0 saturated carbocycles. The second-order valence-corrected chi connectivity index (χ2v) is 14.0. The van der Waals surface area contributed by atoms with E-state index >= 15 is 0 Å². The van der Waals surface area contributed by atoms with Crippen molar-refractivity contribution in [2.45, 2.75) is 71.5 Å². The molecule has 5 aromatic rings. The van der Waals surface area contributed by atoms with E-state index in [-0.39, 0.29) is 44.0 Å². The largest absolute Gasteiger partial charge is 0.486 e. The molecular weight excluding hydrogens is 688 g/mol. The number of methoxy groups -OCH3 is 1. The van der Waals surface area contributed by atoms with Gasteiger partial charge in [0, 0.05) is 37.1 Å². The van der Waals surface area contributed by atoms with Gasteiger partial charge in [0.15, 0.2) is 23.3 Å². The van der Waals surface area contributed by atoms with Gasteiger partial charge in [0.1, 0.15) is 23.8 Å². The van der Waals surface area contributed by atoms with Crippen molar-refractivity contribution in [3.63, 3.8) is 0 Å². The van der Waals surface area contributed by atoms with Gasteiger partial charge < -0.3 is 23.9 Å². The number of ketones is 1. The number of carbonyl (C=O) groups excluding carboxylic acids is 4. The lowest BCUT2D eigenvalue weighted by molar-refractivity contribution is -0.141. The average molecular weight is 735 g/mol. The molecule has 0 aliphatic rings. The summed E-state index contributed by atoms with van der Waals surface area (Å²) in [5.41, 5.74) is 4.87. The van der Waals surface area contributed by atoms with Gasteiger partial charge in [0.2, 0.25) is 5.91 Å². The quantitative estimate of drug-likeness (QED) is 0.0999. The van der Waals surface area contributed by atoms with E-state index in [1.54, 1.807) is 33.0 Å². The molecule has 0 aliphatic heterocycles. The normalized spacial score (nSPS) is 11.8. The van der Waals surface area contributed by atoms with Crippen molar-refractivity contribution in [2.24, 2.45) is 0 Å². The zero-order valence-electron chi connectivity index (χ0n) is 31.3. The SMILES string of the molecule is COC(=O)C[C@H](CC(=O)CNC(=O)CCCN(C(=O)OC(C)(C)C)c1cc(C)ccn1)c1ccc(-c2ccc(OCc3ccccc3)c3ncoc23)cc1. The molecule has 0 spiro atoms. The van der Waals surface area contributed by atoms with E-state index in [0.717, 1.165) is 27.8 Å². The van der Waals surface area contributed by atoms with Gasteiger partial charge in [-0.05, 0) is 80.6 Å². The summed E-state index contributed by atoms with van der Waals surface area (Å²) in [6.07, 6.45) is 2.83. The number of hydrogen-bond acceptors (Lipinski definition) is 10. The highest BCUT2D eigenvalue weighted by atomic mass is 16.6. The van der Waals surface area contributed by atoms with Crippen LogP contribution in [0.4, 0.5) is 10.6 Å². The first-order valence-electron chi connectivity index (χ1n) is 17.8. The molecule has 12 nitrogen and oxygen atoms in total. The van der Waals surface area contributed by atoms with Crippen LogP contribution >= 0.6 is 0 Å². The van der Waals surface area contributed by atoms with Gasteiger partial charge in [-0.15, -0.1) is 0 Å². The number of oxazole rings is 1. The lowest BCUT2D eigenvalue weighted by Crippen LogP contribution is -2.38. The third-order valence-corrected chi connectivity index (χ3v) is 8.55. The maximum absolute atomic E-state index is 13.1. The summed E-state index contributed by atoms with van der Waals surface area (Å²) < 4.78 is 22.3. The predicted molar refractivity (Wildman–Crippen MR) is 204 cm³/mol. The topological polar surface area (TPSA) is 150 Å². The van der Waals surface area contributed by atoms with Crippen molar-refractivity contribution < 1.29 is 37.8 Å². The van der Waals surface area contributed by atoms with Gasteiger partial charge in [-0.25, -0.2) is 14.8 Å². The summed E-state index contributed by atoms with van der Waals surface area (Å²) >= 11 is 0. The van der Waals surface area contributed by atoms with Crippen LogP contribution in [0.25, 0.3) is 22.2 Å². The molecule has 1 atom stereocenters. The minimum atomic E-state index is -0.708. The molecule has 0 aliphatic carbocycles. The van der Waals surface area contributed by atoms with Gasteiger partial charge in [-0.3, -0.25) is 19.3 Å². The highest BCUT2D eigenvalue weighted by Crippen LogP contribution is 2.35. The number of Topliss-reactive ketones (excluding diaryl/α,β-unsaturated/α-hetero) is 1. The van der Waals surface area contributed by atoms with E-state index in [1.807, 2.05) is 79.7 Å². The van der Waals surface area contributed by atoms with Crippen LogP contribution in [0.5, 0.6) is 5.75 Å². The Balaban J connectivity index is 1.18. The Bertz CT molecular complexity index is 2050. The third kappa shape index (κ3) is 11.0. The number of aryl methyl sites for hydroxylation is 1. The van der Waals surface area contributed by atoms with Crippen LogP contribution in [0.15, 0.2) is 95.9 Å². The van der Waals surface area contributed by atoms with Gasteiger partial charge in [0.05, 0.1) is 20.1 Å². The Morgan fingerprint density at radius 1 is 0.926 bits per heavy atom. The second-order valence-electron chi connectivity index (χ2n) is 14.0. The van der Waals surface area contributed by atoms with Crippen LogP contribution in [0.2, 0.25) is 0 Å². The number of amides is 2. The van der Waals surface area contributed by atoms with Gasteiger partial charge in [0.25, 0.3) is 0 Å². The van der Waals surface area contributed by atoms with Crippen LogP contribution in [-0.4, -0.2) is 59.5 Å². The van der Waals surface area contributed by atoms with Gasteiger partial charge >= 0.3 is 12.1 Å². The molecule has 0 bridgehead atoms. The molecule has 0 unspecified atom stereocenters. The standard InChI is InChI=1S/C42H46N4O8/c1-28-19-20-43-36(22-28)46(41(50)54-42(2,3)4)21-9-12-37(48)44-25-33(47)23-32(24-38(49)51-5)30-13-15-31(16-14-30)34-17-18-35(39-40(34)53-27-45-39)52-26-29-10-7-6-8-11-29/h6-8,10-11,13-20,22,27,32H,9,12,21,23-26H2,1-5H3,(H,44,48)/t32-/m0/s1. The molecule has 0 saturated heterocycles. The highest BCUT2D eigenvalue weighted by molar-refractivity contribution is 5.94. The summed E-state index contributed by atoms with van der Waals surface area (Å²) in [6, 6.07) is 24.8. The number of ether oxygens (including phenoxy) is 3. The molecule has 3 aromatic carbocycles. The van der Waals surface area contributed by atoms with Crippen molar-refractivity contribution in [2.75, 3.05) is 25.1 Å². The fourth-order valence-corrected chi connectivity index (χ4v) is 5.85. The monoisotopic (exact) mass is 734 g/mol. The van der Waals surface area contributed by atoms with Crippen molar-refractivity contribution in [3.05, 3.63) is 108 Å². The Labute approximate surface area is 314 Å². The molecule has 2 heterocycles. The Morgan fingerprint density at radius 2 is 1.69 bits per heavy atom. The number of hydrogen-bond donors (Lipinski definition) is 1. The number of benzene rings is 3. The van der Waals surface area contributed by atoms with Gasteiger partial charge in [-0.2, -0.15) is 0 Å². The molecular formula is C42H46N4O8. The number of nitrogens with one attached hydrogen (secondary N) is 1. The second kappa shape index (κ2) is 18.1. The highest BCUT2D eigenvalue weighted by Gasteiger charge is 2.25. The van der Waals surface area contributed by atoms with E-state index in [2.05, 4.69) is 15.3 Å². The molecule has 0 radical (unpaired) electrons. The first-order valence-corrected chi connectivity index (χ1v) is 17.8. The zero-order valence-corrected chi connectivity index (χ0v) is 31.3. The lowest BCUT2D eigenvalue weighted by Gasteiger charge is -2.27. The van der Waals surface area contributed by atoms with E-state index in [9.17, 15) is 19.2 Å². The van der Waals surface area contributed by atoms with Crippen molar-refractivity contribution >= 4 is 40.7 Å². The van der Waals surface area contributed by atoms with Crippen LogP contribution in [0, 0.1) is 6.92 Å². The molecule has 2 amide bonds. The van der Waals surface area contributed by atoms with Gasteiger partial charge in [-0.1, -0.05) is 54.6 Å². The van der Waals surface area contributed by atoms with E-state index < -0.39 is 23.6 Å². The van der Waals surface area contributed by atoms with Crippen LogP contribution < -0.4 is 15.0 Å². The summed E-state index contributed by atoms with van der Waals surface area (Å²) in [7, 11) is 1.30. The first kappa shape index (κ1) is 39.2. The molecule has 1 N–H and O–H groups in total. The maximum atomic E-state index is 13.1. The maximum Gasteiger partial charge on any atom is 0.416 e. The Kier molecular flexibility index (Phi) is 13.2. The molecule has 2 aromatic heterocycles. The minimum absolute atomic E-state index is 0.0111. The zero-order chi connectivity index (χ0) is 38.7. The fraction of sp³-hybridized carbons (Fsp3) is 0.333. The molecule has 282 valence electrons. The van der Waals surface area contributed by atoms with E-state index in [1.165, 1.54) is 18.4 Å². The van der Waals surface area contributed by atoms with Crippen molar-refractivity contribution in [1.82, 2.24) is 15.3 Å². The van der Waals surface area contributed by atoms with E-state index in [0.29, 0.717) is 35.7 Å². The van der Waals surface area contributed by atoms with Crippen molar-refractivity contribution in [1.29, 1.82) is 0 Å². The summed E-state index contributed by atoms with van der Waals surface area (Å²) in [5, 5.41) is 2.68. The average Bonchev–Trinajstić information content (AvgIpc) is 3.65. The Hall–Kier alpha value is -6.04. The Morgan fingerprint density at radius 3 is 2.39 bits per heavy atom. The molecule has 12 heteroatoms. The van der Waals surface area contributed by atoms with E-state index in [4.69, 9.17) is 18.6 Å². The van der Waals surface area contributed by atoms with Crippen LogP contribution in [0.3, 0.4) is 0 Å². The number of esters is 1. The van der Waals surface area contributed by atoms with Crippen LogP contribution in [-0.2, 0) is 30.5 Å². The smallest absolute Gasteiger partial charge is 0.416 e. The molecule has 0 fully saturated rings.